The third kappa shape index (κ3) is 3.96. The fourth-order valence-corrected chi connectivity index (χ4v) is 5.83. The second-order valence-electron chi connectivity index (χ2n) is 8.69. The Hall–Kier alpha value is -3.70. The van der Waals surface area contributed by atoms with E-state index in [-0.39, 0.29) is 36.8 Å². The molecular formula is C24H24N4O6S. The van der Waals surface area contributed by atoms with E-state index < -0.39 is 40.0 Å². The van der Waals surface area contributed by atoms with Gasteiger partial charge in [-0.05, 0) is 31.2 Å². The van der Waals surface area contributed by atoms with Gasteiger partial charge in [0, 0.05) is 31.6 Å². The number of piperazine rings is 1. The molecule has 2 aliphatic heterocycles. The van der Waals surface area contributed by atoms with E-state index in [0.29, 0.717) is 5.58 Å². The average Bonchev–Trinajstić information content (AvgIpc) is 3.40. The first kappa shape index (κ1) is 23.1. The van der Waals surface area contributed by atoms with Crippen LogP contribution < -0.4 is 5.32 Å². The number of nitrogens with one attached hydrogen (secondary N) is 1. The van der Waals surface area contributed by atoms with Crippen molar-refractivity contribution in [2.24, 2.45) is 0 Å². The maximum atomic E-state index is 13.2. The molecule has 0 aliphatic carbocycles. The zero-order valence-electron chi connectivity index (χ0n) is 19.0. The summed E-state index contributed by atoms with van der Waals surface area (Å²) < 4.78 is 32.7. The van der Waals surface area contributed by atoms with Gasteiger partial charge in [0.05, 0.1) is 4.90 Å². The van der Waals surface area contributed by atoms with E-state index in [4.69, 9.17) is 4.42 Å². The third-order valence-electron chi connectivity index (χ3n) is 6.46. The molecule has 182 valence electrons. The van der Waals surface area contributed by atoms with Gasteiger partial charge in [0.25, 0.3) is 5.91 Å². The van der Waals surface area contributed by atoms with Crippen LogP contribution in [0.15, 0.2) is 70.0 Å². The number of imide groups is 1. The largest absolute Gasteiger partial charge is 0.458 e. The molecule has 2 fully saturated rings. The van der Waals surface area contributed by atoms with Crippen LogP contribution in [0.4, 0.5) is 4.79 Å². The Morgan fingerprint density at radius 1 is 1.00 bits per heavy atom. The van der Waals surface area contributed by atoms with Crippen molar-refractivity contribution in [1.82, 2.24) is 19.4 Å². The molecule has 3 heterocycles. The zero-order chi connectivity index (χ0) is 24.8. The van der Waals surface area contributed by atoms with Gasteiger partial charge in [0.1, 0.15) is 17.9 Å². The highest BCUT2D eigenvalue weighted by atomic mass is 32.2. The van der Waals surface area contributed by atoms with Crippen molar-refractivity contribution in [3.63, 3.8) is 0 Å². The van der Waals surface area contributed by atoms with Crippen molar-refractivity contribution in [3.8, 4) is 0 Å². The van der Waals surface area contributed by atoms with Gasteiger partial charge < -0.3 is 14.6 Å². The van der Waals surface area contributed by atoms with Gasteiger partial charge in [-0.25, -0.2) is 13.2 Å². The second kappa shape index (κ2) is 8.51. The van der Waals surface area contributed by atoms with Gasteiger partial charge in [-0.2, -0.15) is 4.31 Å². The van der Waals surface area contributed by atoms with Crippen LogP contribution in [0.5, 0.6) is 0 Å². The van der Waals surface area contributed by atoms with E-state index in [2.05, 4.69) is 5.32 Å². The molecule has 4 amide bonds. The second-order valence-corrected chi connectivity index (χ2v) is 10.6. The molecule has 1 N–H and O–H groups in total. The minimum atomic E-state index is -3.65. The van der Waals surface area contributed by atoms with Crippen LogP contribution in [0.3, 0.4) is 0 Å². The number of carbonyl (C=O) groups excluding carboxylic acids is 3. The molecule has 2 aromatic carbocycles. The Labute approximate surface area is 202 Å². The lowest BCUT2D eigenvalue weighted by Gasteiger charge is -2.34. The van der Waals surface area contributed by atoms with Gasteiger partial charge in [-0.1, -0.05) is 36.4 Å². The third-order valence-corrected chi connectivity index (χ3v) is 8.37. The molecule has 2 aliphatic rings. The average molecular weight is 497 g/mol. The summed E-state index contributed by atoms with van der Waals surface area (Å²) in [5, 5.41) is 3.44. The van der Waals surface area contributed by atoms with Gasteiger partial charge >= 0.3 is 6.03 Å². The quantitative estimate of drug-likeness (QED) is 0.537. The van der Waals surface area contributed by atoms with Crippen molar-refractivity contribution in [3.05, 3.63) is 66.4 Å². The first-order valence-corrected chi connectivity index (χ1v) is 12.6. The number of rotatable bonds is 5. The Morgan fingerprint density at radius 3 is 2.34 bits per heavy atom. The number of hydrogen-bond donors (Lipinski definition) is 1. The summed E-state index contributed by atoms with van der Waals surface area (Å²) in [5.41, 5.74) is -0.845. The van der Waals surface area contributed by atoms with Gasteiger partial charge in [0.2, 0.25) is 15.9 Å². The smallest absolute Gasteiger partial charge is 0.325 e. The molecule has 0 bridgehead atoms. The number of hydrogen-bond acceptors (Lipinski definition) is 6. The van der Waals surface area contributed by atoms with E-state index in [0.717, 1.165) is 10.3 Å². The van der Waals surface area contributed by atoms with E-state index in [1.807, 2.05) is 18.2 Å². The van der Waals surface area contributed by atoms with Crippen LogP contribution >= 0.6 is 0 Å². The minimum absolute atomic E-state index is 0.125. The van der Waals surface area contributed by atoms with Crippen LogP contribution in [0.2, 0.25) is 0 Å². The number of carbonyl (C=O) groups is 3. The summed E-state index contributed by atoms with van der Waals surface area (Å²) in [4.78, 5) is 41.3. The monoisotopic (exact) mass is 496 g/mol. The van der Waals surface area contributed by atoms with Crippen molar-refractivity contribution in [1.29, 1.82) is 0 Å². The van der Waals surface area contributed by atoms with Gasteiger partial charge in [0.15, 0.2) is 5.54 Å². The number of fused-ring (bicyclic) bond motifs is 1. The van der Waals surface area contributed by atoms with Crippen molar-refractivity contribution in [2.75, 3.05) is 32.7 Å². The van der Waals surface area contributed by atoms with E-state index in [1.165, 1.54) is 21.3 Å². The highest BCUT2D eigenvalue weighted by Gasteiger charge is 2.52. The highest BCUT2D eigenvalue weighted by Crippen LogP contribution is 2.33. The molecular weight excluding hydrogens is 472 g/mol. The van der Waals surface area contributed by atoms with E-state index >= 15 is 0 Å². The molecule has 35 heavy (non-hydrogen) atoms. The molecule has 11 heteroatoms. The minimum Gasteiger partial charge on any atom is -0.458 e. The predicted octanol–water partition coefficient (Wildman–Crippen LogP) is 1.73. The van der Waals surface area contributed by atoms with Crippen LogP contribution in [-0.2, 0) is 25.2 Å². The molecule has 0 radical (unpaired) electrons. The predicted molar refractivity (Wildman–Crippen MR) is 126 cm³/mol. The molecule has 1 aromatic heterocycles. The Balaban J connectivity index is 1.25. The fraction of sp³-hybridized carbons (Fsp3) is 0.292. The summed E-state index contributed by atoms with van der Waals surface area (Å²) in [6, 6.07) is 16.4. The Morgan fingerprint density at radius 2 is 1.66 bits per heavy atom. The molecule has 3 aromatic rings. The number of nitrogens with zero attached hydrogens (tertiary/aromatic N) is 3. The lowest BCUT2D eigenvalue weighted by molar-refractivity contribution is -0.139. The number of amides is 4. The van der Waals surface area contributed by atoms with Gasteiger partial charge in [-0.15, -0.1) is 0 Å². The molecule has 0 spiro atoms. The summed E-state index contributed by atoms with van der Waals surface area (Å²) in [6.45, 7) is 1.68. The van der Waals surface area contributed by atoms with Crippen LogP contribution in [0, 0.1) is 0 Å². The first-order chi connectivity index (χ1) is 16.7. The first-order valence-electron chi connectivity index (χ1n) is 11.2. The fourth-order valence-electron chi connectivity index (χ4n) is 4.39. The normalized spacial score (nSPS) is 21.5. The molecule has 5 rings (SSSR count). The van der Waals surface area contributed by atoms with Crippen LogP contribution in [-0.4, -0.2) is 73.1 Å². The number of para-hydroxylation sites is 1. The van der Waals surface area contributed by atoms with Crippen LogP contribution in [0.1, 0.15) is 12.7 Å². The number of urea groups is 1. The Kier molecular flexibility index (Phi) is 5.60. The van der Waals surface area contributed by atoms with Crippen molar-refractivity contribution >= 4 is 38.8 Å². The summed E-state index contributed by atoms with van der Waals surface area (Å²) in [7, 11) is -3.65. The summed E-state index contributed by atoms with van der Waals surface area (Å²) >= 11 is 0. The number of benzene rings is 2. The lowest BCUT2D eigenvalue weighted by atomic mass is 9.99. The molecule has 0 saturated carbocycles. The molecule has 1 atom stereocenters. The van der Waals surface area contributed by atoms with Crippen molar-refractivity contribution in [2.45, 2.75) is 17.4 Å². The van der Waals surface area contributed by atoms with E-state index in [9.17, 15) is 22.8 Å². The highest BCUT2D eigenvalue weighted by molar-refractivity contribution is 7.89. The lowest BCUT2D eigenvalue weighted by Crippen LogP contribution is -2.53. The SMILES string of the molecule is C[C@]1(c2cc3ccccc3o2)NC(=O)N(CC(=O)N2CCN(S(=O)(=O)c3ccccc3)CC2)C1=O. The maximum Gasteiger partial charge on any atom is 0.325 e. The molecule has 2 saturated heterocycles. The summed E-state index contributed by atoms with van der Waals surface area (Å²) in [5.74, 6) is -0.731. The topological polar surface area (TPSA) is 120 Å². The summed E-state index contributed by atoms with van der Waals surface area (Å²) in [6.07, 6.45) is 0. The zero-order valence-corrected chi connectivity index (χ0v) is 19.8. The van der Waals surface area contributed by atoms with Gasteiger partial charge in [-0.3, -0.25) is 14.5 Å². The van der Waals surface area contributed by atoms with E-state index in [1.54, 1.807) is 37.3 Å². The maximum absolute atomic E-state index is 13.2. The number of sulfonamides is 1. The van der Waals surface area contributed by atoms with Crippen LogP contribution in [0.25, 0.3) is 11.0 Å². The molecule has 0 unspecified atom stereocenters. The standard InChI is InChI=1S/C24H24N4O6S/c1-24(20-15-17-7-5-6-10-19(17)34-20)22(30)28(23(31)25-24)16-21(29)26-11-13-27(14-12-26)35(32,33)18-8-3-2-4-9-18/h2-10,15H,11-14,16H2,1H3,(H,25,31)/t24-/m1/s1. The molecule has 10 nitrogen and oxygen atoms in total. The number of furan rings is 1. The van der Waals surface area contributed by atoms with Crippen molar-refractivity contribution < 1.29 is 27.2 Å². The Bertz CT molecular complexity index is 1380.